The van der Waals surface area contributed by atoms with Crippen LogP contribution < -0.4 is 5.11 Å². The summed E-state index contributed by atoms with van der Waals surface area (Å²) in [6.07, 6.45) is -5.96. The molecule has 4 rings (SSSR count). The van der Waals surface area contributed by atoms with Gasteiger partial charge in [0.15, 0.2) is 6.09 Å². The highest BCUT2D eigenvalue weighted by Gasteiger charge is 2.34. The van der Waals surface area contributed by atoms with Crippen molar-refractivity contribution in [3.8, 4) is 5.69 Å². The molecule has 1 aromatic heterocycles. The molecular weight excluding hydrogens is 555 g/mol. The number of benzene rings is 3. The third-order valence-corrected chi connectivity index (χ3v) is 8.53. The van der Waals surface area contributed by atoms with E-state index in [0.717, 1.165) is 11.6 Å². The summed E-state index contributed by atoms with van der Waals surface area (Å²) in [5, 5.41) is 11.4. The van der Waals surface area contributed by atoms with Crippen LogP contribution in [-0.2, 0) is 29.0 Å². The van der Waals surface area contributed by atoms with Gasteiger partial charge in [-0.15, -0.1) is 0 Å². The number of carbonyl (C=O) groups excluding carboxylic acids is 1. The number of alkyl halides is 3. The van der Waals surface area contributed by atoms with Crippen LogP contribution in [0.5, 0.6) is 0 Å². The van der Waals surface area contributed by atoms with Gasteiger partial charge in [-0.25, -0.2) is 17.7 Å². The molecule has 0 unspecified atom stereocenters. The highest BCUT2D eigenvalue weighted by atomic mass is 35.5. The predicted molar refractivity (Wildman–Crippen MR) is 139 cm³/mol. The minimum absolute atomic E-state index is 0.0609. The third-order valence-electron chi connectivity index (χ3n) is 6.32. The average Bonchev–Trinajstić information content (AvgIpc) is 3.20. The fourth-order valence-electron chi connectivity index (χ4n) is 4.43. The maximum Gasteiger partial charge on any atom is 0.417 e. The Bertz CT molecular complexity index is 1630. The van der Waals surface area contributed by atoms with E-state index in [4.69, 9.17) is 11.6 Å². The molecule has 0 aliphatic carbocycles. The lowest BCUT2D eigenvalue weighted by atomic mass is 10.1. The van der Waals surface area contributed by atoms with Crippen LogP contribution in [0.25, 0.3) is 16.7 Å². The first-order valence-electron chi connectivity index (χ1n) is 11.9. The fourth-order valence-corrected chi connectivity index (χ4v) is 6.15. The van der Waals surface area contributed by atoms with Crippen molar-refractivity contribution < 1.29 is 31.5 Å². The molecule has 1 atom stereocenters. The van der Waals surface area contributed by atoms with E-state index in [9.17, 15) is 31.5 Å². The molecule has 1 amide bonds. The summed E-state index contributed by atoms with van der Waals surface area (Å²) in [7, 11) is -4.37. The number of rotatable bonds is 7. The van der Waals surface area contributed by atoms with Crippen molar-refractivity contribution in [3.63, 3.8) is 0 Å². The standard InChI is InChI=1S/C27H25ClF3N3O4S/c1-4-25-32-23-14-21(27(29,30)31)22(28)15-24(23)33(25)19-9-7-18(8-10-19)13-17(3)34(26(35)36)39(37,38)20-11-5-16(2)6-12-20/h5-12,14-15,17H,4,13H2,1-3H3,(H,35,36)/p-1/t17-/m0/s1. The van der Waals surface area contributed by atoms with Gasteiger partial charge in [-0.2, -0.15) is 13.2 Å². The molecule has 3 aromatic carbocycles. The molecular formula is C27H24ClF3N3O4S-. The summed E-state index contributed by atoms with van der Waals surface area (Å²) >= 11 is 5.96. The largest absolute Gasteiger partial charge is 0.529 e. The minimum atomic E-state index is -4.62. The van der Waals surface area contributed by atoms with Crippen LogP contribution >= 0.6 is 11.6 Å². The molecule has 0 fully saturated rings. The van der Waals surface area contributed by atoms with Crippen molar-refractivity contribution in [1.29, 1.82) is 0 Å². The van der Waals surface area contributed by atoms with Gasteiger partial charge in [0.2, 0.25) is 0 Å². The first-order valence-corrected chi connectivity index (χ1v) is 13.7. The highest BCUT2D eigenvalue weighted by Crippen LogP contribution is 2.38. The van der Waals surface area contributed by atoms with Crippen LogP contribution in [-0.4, -0.2) is 34.4 Å². The molecule has 0 aliphatic heterocycles. The molecule has 0 saturated carbocycles. The summed E-state index contributed by atoms with van der Waals surface area (Å²) in [5.41, 5.74) is 1.64. The van der Waals surface area contributed by atoms with Gasteiger partial charge < -0.3 is 9.90 Å². The topological polar surface area (TPSA) is 95.3 Å². The summed E-state index contributed by atoms with van der Waals surface area (Å²) in [4.78, 5) is 16.1. The molecule has 0 saturated heterocycles. The van der Waals surface area contributed by atoms with Crippen LogP contribution in [0.1, 0.15) is 36.4 Å². The normalized spacial score (nSPS) is 13.0. The number of nitrogens with zero attached hydrogens (tertiary/aromatic N) is 3. The lowest BCUT2D eigenvalue weighted by Gasteiger charge is -2.30. The number of imidazole rings is 1. The first kappa shape index (κ1) is 28.4. The predicted octanol–water partition coefficient (Wildman–Crippen LogP) is 5.53. The Hall–Kier alpha value is -3.57. The summed E-state index contributed by atoms with van der Waals surface area (Å²) in [6, 6.07) is 13.8. The molecule has 0 aliphatic rings. The average molecular weight is 579 g/mol. The Balaban J connectivity index is 1.65. The lowest BCUT2D eigenvalue weighted by Crippen LogP contribution is -2.50. The van der Waals surface area contributed by atoms with Gasteiger partial charge in [0.1, 0.15) is 5.82 Å². The van der Waals surface area contributed by atoms with Crippen LogP contribution in [0.3, 0.4) is 0 Å². The number of carboxylic acid groups (broad SMARTS) is 1. The van der Waals surface area contributed by atoms with Crippen LogP contribution in [0.2, 0.25) is 5.02 Å². The van der Waals surface area contributed by atoms with Gasteiger partial charge in [-0.1, -0.05) is 48.4 Å². The highest BCUT2D eigenvalue weighted by molar-refractivity contribution is 7.89. The number of aromatic nitrogens is 2. The Morgan fingerprint density at radius 3 is 2.26 bits per heavy atom. The first-order chi connectivity index (χ1) is 18.2. The van der Waals surface area contributed by atoms with Crippen molar-refractivity contribution in [1.82, 2.24) is 13.9 Å². The molecule has 39 heavy (non-hydrogen) atoms. The number of carbonyl (C=O) groups is 1. The van der Waals surface area contributed by atoms with Gasteiger partial charge >= 0.3 is 6.18 Å². The van der Waals surface area contributed by atoms with E-state index in [0.29, 0.717) is 33.3 Å². The monoisotopic (exact) mass is 578 g/mol. The zero-order valence-corrected chi connectivity index (χ0v) is 22.7. The van der Waals surface area contributed by atoms with Crippen molar-refractivity contribution in [2.24, 2.45) is 0 Å². The van der Waals surface area contributed by atoms with E-state index in [1.165, 1.54) is 25.1 Å². The van der Waals surface area contributed by atoms with Gasteiger partial charge in [0.25, 0.3) is 10.0 Å². The van der Waals surface area contributed by atoms with E-state index in [-0.39, 0.29) is 16.8 Å². The van der Waals surface area contributed by atoms with E-state index in [2.05, 4.69) is 4.98 Å². The van der Waals surface area contributed by atoms with Gasteiger partial charge in [-0.3, -0.25) is 4.57 Å². The maximum atomic E-state index is 13.3. The van der Waals surface area contributed by atoms with E-state index >= 15 is 0 Å². The Morgan fingerprint density at radius 2 is 1.72 bits per heavy atom. The second-order valence-electron chi connectivity index (χ2n) is 9.13. The molecule has 12 heteroatoms. The second-order valence-corrected chi connectivity index (χ2v) is 11.4. The molecule has 4 aromatic rings. The smallest absolute Gasteiger partial charge is 0.417 e. The van der Waals surface area contributed by atoms with E-state index in [1.807, 2.05) is 6.92 Å². The lowest BCUT2D eigenvalue weighted by molar-refractivity contribution is -0.260. The van der Waals surface area contributed by atoms with E-state index in [1.54, 1.807) is 47.9 Å². The number of fused-ring (bicyclic) bond motifs is 1. The van der Waals surface area contributed by atoms with Crippen LogP contribution in [0.15, 0.2) is 65.6 Å². The van der Waals surface area contributed by atoms with Gasteiger partial charge in [-0.05, 0) is 62.2 Å². The molecule has 0 bridgehead atoms. The number of halogens is 4. The molecule has 0 N–H and O–H groups in total. The molecule has 1 heterocycles. The van der Waals surface area contributed by atoms with E-state index < -0.39 is 38.9 Å². The fraction of sp³-hybridized carbons (Fsp3) is 0.259. The molecule has 0 radical (unpaired) electrons. The third kappa shape index (κ3) is 5.60. The number of sulfonamides is 1. The maximum absolute atomic E-state index is 13.3. The Morgan fingerprint density at radius 1 is 1.10 bits per heavy atom. The zero-order chi connectivity index (χ0) is 28.7. The van der Waals surface area contributed by atoms with Gasteiger partial charge in [0.05, 0.1) is 26.5 Å². The van der Waals surface area contributed by atoms with Gasteiger partial charge in [0, 0.05) is 18.2 Å². The summed E-state index contributed by atoms with van der Waals surface area (Å²) in [6.45, 7) is 5.07. The van der Waals surface area contributed by atoms with Crippen LogP contribution in [0.4, 0.5) is 18.0 Å². The zero-order valence-electron chi connectivity index (χ0n) is 21.2. The van der Waals surface area contributed by atoms with Crippen molar-refractivity contribution in [2.75, 3.05) is 0 Å². The Labute approximate surface area is 228 Å². The number of aryl methyl sites for hydroxylation is 2. The number of amides is 1. The van der Waals surface area contributed by atoms with Crippen LogP contribution in [0, 0.1) is 6.92 Å². The number of hydrogen-bond donors (Lipinski definition) is 0. The molecule has 7 nitrogen and oxygen atoms in total. The van der Waals surface area contributed by atoms with Crippen molar-refractivity contribution >= 4 is 38.8 Å². The van der Waals surface area contributed by atoms with Crippen molar-refractivity contribution in [2.45, 2.75) is 50.7 Å². The number of hydrogen-bond acceptors (Lipinski definition) is 5. The minimum Gasteiger partial charge on any atom is -0.529 e. The molecule has 0 spiro atoms. The SMILES string of the molecule is CCc1nc2cc(C(F)(F)F)c(Cl)cc2n1-c1ccc(C[C@H](C)N(C(=O)[O-])S(=O)(=O)c2ccc(C)cc2)cc1. The summed E-state index contributed by atoms with van der Waals surface area (Å²) in [5.74, 6) is 0.522. The quantitative estimate of drug-likeness (QED) is 0.287. The Kier molecular flexibility index (Phi) is 7.68. The molecule has 206 valence electrons. The summed E-state index contributed by atoms with van der Waals surface area (Å²) < 4.78 is 68.1. The van der Waals surface area contributed by atoms with Crippen molar-refractivity contribution in [3.05, 3.63) is 88.2 Å². The second kappa shape index (κ2) is 10.5.